The van der Waals surface area contributed by atoms with Crippen LogP contribution in [-0.2, 0) is 14.6 Å². The zero-order valence-electron chi connectivity index (χ0n) is 14.2. The number of nitrogens with one attached hydrogen (secondary N) is 3. The molecule has 0 aromatic rings. The maximum atomic E-state index is 11.7. The third kappa shape index (κ3) is 10.2. The second-order valence-electron chi connectivity index (χ2n) is 5.85. The Kier molecular flexibility index (Phi) is 11.0. The summed E-state index contributed by atoms with van der Waals surface area (Å²) >= 11 is 0. The van der Waals surface area contributed by atoms with Gasteiger partial charge < -0.3 is 16.0 Å². The topological polar surface area (TPSA) is 99.7 Å². The van der Waals surface area contributed by atoms with Crippen molar-refractivity contribution in [2.45, 2.75) is 33.2 Å². The Hall–Kier alpha value is -0.580. The Morgan fingerprint density at radius 3 is 2.27 bits per heavy atom. The van der Waals surface area contributed by atoms with Crippen LogP contribution in [0.2, 0.25) is 0 Å². The molecular formula is C13H29IN4O3S. The summed E-state index contributed by atoms with van der Waals surface area (Å²) < 4.78 is 22.3. The third-order valence-corrected chi connectivity index (χ3v) is 4.05. The van der Waals surface area contributed by atoms with Crippen LogP contribution >= 0.6 is 24.0 Å². The number of carbonyl (C=O) groups excluding carboxylic acids is 1. The molecule has 0 aliphatic heterocycles. The Morgan fingerprint density at radius 2 is 1.86 bits per heavy atom. The van der Waals surface area contributed by atoms with Crippen molar-refractivity contribution in [3.8, 4) is 0 Å². The van der Waals surface area contributed by atoms with Crippen LogP contribution in [0, 0.1) is 5.41 Å². The monoisotopic (exact) mass is 448 g/mol. The lowest BCUT2D eigenvalue weighted by atomic mass is 9.92. The van der Waals surface area contributed by atoms with Gasteiger partial charge in [0.25, 0.3) is 0 Å². The minimum atomic E-state index is -2.97. The first kappa shape index (κ1) is 23.7. The highest BCUT2D eigenvalue weighted by molar-refractivity contribution is 14.0. The molecule has 0 fully saturated rings. The van der Waals surface area contributed by atoms with Gasteiger partial charge in [-0.1, -0.05) is 0 Å². The molecule has 1 atom stereocenters. The number of halogens is 1. The molecule has 3 N–H and O–H groups in total. The van der Waals surface area contributed by atoms with Crippen LogP contribution in [0.4, 0.5) is 0 Å². The molecule has 0 aliphatic rings. The number of rotatable bonds is 7. The van der Waals surface area contributed by atoms with E-state index < -0.39 is 15.3 Å². The van der Waals surface area contributed by atoms with Crippen molar-refractivity contribution in [2.24, 2.45) is 10.4 Å². The third-order valence-electron chi connectivity index (χ3n) is 3.07. The highest BCUT2D eigenvalue weighted by atomic mass is 127. The van der Waals surface area contributed by atoms with E-state index in [9.17, 15) is 13.2 Å². The second kappa shape index (κ2) is 10.2. The van der Waals surface area contributed by atoms with Gasteiger partial charge in [0.2, 0.25) is 5.91 Å². The summed E-state index contributed by atoms with van der Waals surface area (Å²) in [7, 11) is 0.267. The summed E-state index contributed by atoms with van der Waals surface area (Å²) in [6, 6.07) is -0.0333. The molecular weight excluding hydrogens is 419 g/mol. The lowest BCUT2D eigenvalue weighted by Gasteiger charge is -2.25. The minimum absolute atomic E-state index is 0. The molecule has 0 saturated carbocycles. The molecule has 132 valence electrons. The molecule has 0 aliphatic carbocycles. The molecule has 0 radical (unpaired) electrons. The second-order valence-corrected chi connectivity index (χ2v) is 8.11. The van der Waals surface area contributed by atoms with Gasteiger partial charge in [0.05, 0.1) is 11.2 Å². The van der Waals surface area contributed by atoms with Crippen molar-refractivity contribution in [3.05, 3.63) is 0 Å². The van der Waals surface area contributed by atoms with E-state index in [4.69, 9.17) is 0 Å². The smallest absolute Gasteiger partial charge is 0.227 e. The molecule has 1 amide bonds. The first-order valence-electron chi connectivity index (χ1n) is 6.89. The summed E-state index contributed by atoms with van der Waals surface area (Å²) in [5.41, 5.74) is -0.567. The Balaban J connectivity index is 0. The number of aliphatic imine (C=N–C) groups is 1. The number of hydrogen-bond acceptors (Lipinski definition) is 4. The van der Waals surface area contributed by atoms with Crippen molar-refractivity contribution in [1.29, 1.82) is 0 Å². The van der Waals surface area contributed by atoms with Crippen LogP contribution in [0.1, 0.15) is 27.2 Å². The number of guanidine groups is 1. The van der Waals surface area contributed by atoms with E-state index in [1.165, 1.54) is 6.26 Å². The average molecular weight is 448 g/mol. The van der Waals surface area contributed by atoms with E-state index in [0.717, 1.165) is 0 Å². The van der Waals surface area contributed by atoms with E-state index in [2.05, 4.69) is 20.9 Å². The molecule has 0 saturated heterocycles. The van der Waals surface area contributed by atoms with Gasteiger partial charge in [-0.05, 0) is 27.2 Å². The van der Waals surface area contributed by atoms with Gasteiger partial charge in [-0.25, -0.2) is 8.42 Å². The zero-order chi connectivity index (χ0) is 16.7. The fourth-order valence-electron chi connectivity index (χ4n) is 1.61. The van der Waals surface area contributed by atoms with E-state index in [-0.39, 0.29) is 41.7 Å². The first-order chi connectivity index (χ1) is 9.51. The van der Waals surface area contributed by atoms with Crippen molar-refractivity contribution < 1.29 is 13.2 Å². The Bertz CT molecular complexity index is 478. The van der Waals surface area contributed by atoms with E-state index >= 15 is 0 Å². The molecule has 7 nitrogen and oxygen atoms in total. The van der Waals surface area contributed by atoms with Crippen LogP contribution in [0.15, 0.2) is 4.99 Å². The number of amides is 1. The summed E-state index contributed by atoms with van der Waals surface area (Å²) in [5.74, 6) is 0.616. The molecule has 0 spiro atoms. The highest BCUT2D eigenvalue weighted by Gasteiger charge is 2.26. The molecule has 0 heterocycles. The molecule has 0 aromatic carbocycles. The van der Waals surface area contributed by atoms with Gasteiger partial charge in [0, 0.05) is 32.9 Å². The first-order valence-corrected chi connectivity index (χ1v) is 8.95. The van der Waals surface area contributed by atoms with Crippen molar-refractivity contribution >= 4 is 45.7 Å². The predicted molar refractivity (Wildman–Crippen MR) is 102 cm³/mol. The van der Waals surface area contributed by atoms with Gasteiger partial charge in [-0.2, -0.15) is 0 Å². The maximum Gasteiger partial charge on any atom is 0.227 e. The molecule has 1 unspecified atom stereocenters. The summed E-state index contributed by atoms with van der Waals surface area (Å²) in [5, 5.41) is 8.81. The van der Waals surface area contributed by atoms with Gasteiger partial charge in [0.15, 0.2) is 5.96 Å². The maximum absolute atomic E-state index is 11.7. The quantitative estimate of drug-likeness (QED) is 0.297. The Labute approximate surface area is 151 Å². The van der Waals surface area contributed by atoms with Crippen LogP contribution in [-0.4, -0.2) is 59.0 Å². The van der Waals surface area contributed by atoms with Crippen LogP contribution in [0.5, 0.6) is 0 Å². The van der Waals surface area contributed by atoms with E-state index in [1.54, 1.807) is 14.1 Å². The number of nitrogens with zero attached hydrogens (tertiary/aromatic N) is 1. The Morgan fingerprint density at radius 1 is 1.32 bits per heavy atom. The lowest BCUT2D eigenvalue weighted by Crippen LogP contribution is -2.49. The van der Waals surface area contributed by atoms with Crippen LogP contribution in [0.25, 0.3) is 0 Å². The van der Waals surface area contributed by atoms with Crippen LogP contribution in [0.3, 0.4) is 0 Å². The molecule has 0 rings (SSSR count). The molecule has 0 aromatic heterocycles. The fourth-order valence-corrected chi connectivity index (χ4v) is 2.40. The number of hydrogen-bond donors (Lipinski definition) is 3. The highest BCUT2D eigenvalue weighted by Crippen LogP contribution is 2.12. The van der Waals surface area contributed by atoms with Crippen LogP contribution < -0.4 is 16.0 Å². The van der Waals surface area contributed by atoms with E-state index in [1.807, 2.05) is 20.8 Å². The zero-order valence-corrected chi connectivity index (χ0v) is 17.3. The predicted octanol–water partition coefficient (Wildman–Crippen LogP) is 0.365. The average Bonchev–Trinajstić information content (AvgIpc) is 2.39. The largest absolute Gasteiger partial charge is 0.359 e. The molecule has 0 bridgehead atoms. The summed E-state index contributed by atoms with van der Waals surface area (Å²) in [6.45, 7) is 5.98. The van der Waals surface area contributed by atoms with Gasteiger partial charge in [0.1, 0.15) is 9.84 Å². The number of carbonyl (C=O) groups is 1. The fraction of sp³-hybridized carbons (Fsp3) is 0.846. The van der Waals surface area contributed by atoms with E-state index in [0.29, 0.717) is 18.9 Å². The lowest BCUT2D eigenvalue weighted by molar-refractivity contribution is -0.128. The van der Waals surface area contributed by atoms with Gasteiger partial charge in [-0.3, -0.25) is 9.79 Å². The summed E-state index contributed by atoms with van der Waals surface area (Å²) in [6.07, 6.45) is 1.72. The van der Waals surface area contributed by atoms with Crippen molar-refractivity contribution in [2.75, 3.05) is 32.6 Å². The SMILES string of the molecule is CN=C(NCC(C)(C)C(=O)NC)NC(C)CCS(C)(=O)=O.I. The van der Waals surface area contributed by atoms with Crippen molar-refractivity contribution in [3.63, 3.8) is 0 Å². The molecule has 9 heteroatoms. The molecule has 22 heavy (non-hydrogen) atoms. The number of sulfone groups is 1. The normalized spacial score (nSPS) is 13.8. The van der Waals surface area contributed by atoms with Gasteiger partial charge in [-0.15, -0.1) is 24.0 Å². The van der Waals surface area contributed by atoms with Gasteiger partial charge >= 0.3 is 0 Å². The van der Waals surface area contributed by atoms with Crippen molar-refractivity contribution in [1.82, 2.24) is 16.0 Å². The standard InChI is InChI=1S/C13H28N4O3S.HI/c1-10(7-8-21(6,19)20)17-12(15-5)16-9-13(2,3)11(18)14-4;/h10H,7-9H2,1-6H3,(H,14,18)(H2,15,16,17);1H. The summed E-state index contributed by atoms with van der Waals surface area (Å²) in [4.78, 5) is 15.8. The minimum Gasteiger partial charge on any atom is -0.359 e.